The number of carboxylic acid groups (broad SMARTS) is 1. The van der Waals surface area contributed by atoms with E-state index in [-0.39, 0.29) is 36.3 Å². The number of carboxylic acids is 1. The summed E-state index contributed by atoms with van der Waals surface area (Å²) in [5, 5.41) is 13.3. The highest BCUT2D eigenvalue weighted by Gasteiger charge is 2.41. The number of aryl methyl sites for hydroxylation is 1. The fourth-order valence-corrected chi connectivity index (χ4v) is 5.28. The van der Waals surface area contributed by atoms with E-state index in [1.54, 1.807) is 19.1 Å². The highest BCUT2D eigenvalue weighted by molar-refractivity contribution is 5.93. The summed E-state index contributed by atoms with van der Waals surface area (Å²) in [6, 6.07) is 8.54. The molecule has 13 heteroatoms. The van der Waals surface area contributed by atoms with E-state index in [1.807, 2.05) is 0 Å². The van der Waals surface area contributed by atoms with E-state index in [9.17, 15) is 36.2 Å². The van der Waals surface area contributed by atoms with Gasteiger partial charge in [0.15, 0.2) is 6.10 Å². The predicted molar refractivity (Wildman–Crippen MR) is 148 cm³/mol. The van der Waals surface area contributed by atoms with Crippen LogP contribution in [-0.2, 0) is 11.0 Å². The van der Waals surface area contributed by atoms with E-state index in [1.165, 1.54) is 37.6 Å². The van der Waals surface area contributed by atoms with E-state index in [2.05, 4.69) is 15.1 Å². The molecule has 1 aliphatic carbocycles. The number of nitrogens with zero attached hydrogens (tertiary/aromatic N) is 3. The van der Waals surface area contributed by atoms with Gasteiger partial charge in [-0.15, -0.1) is 0 Å². The first-order chi connectivity index (χ1) is 20.7. The third-order valence-electron chi connectivity index (χ3n) is 7.48. The molecule has 2 aliphatic rings. The fourth-order valence-electron chi connectivity index (χ4n) is 5.28. The second kappa shape index (κ2) is 11.8. The predicted octanol–water partition coefficient (Wildman–Crippen LogP) is 7.98. The molecule has 0 radical (unpaired) electrons. The largest absolute Gasteiger partial charge is 0.481 e. The number of ether oxygens (including phenoxy) is 1. The van der Waals surface area contributed by atoms with Crippen LogP contribution in [0.15, 0.2) is 71.7 Å². The lowest BCUT2D eigenvalue weighted by Gasteiger charge is -2.25. The second-order valence-electron chi connectivity index (χ2n) is 10.4. The molecular formula is C31H25F6N3O4. The Kier molecular flexibility index (Phi) is 8.23. The Morgan fingerprint density at radius 3 is 2.48 bits per heavy atom. The lowest BCUT2D eigenvalue weighted by atomic mass is 9.83. The summed E-state index contributed by atoms with van der Waals surface area (Å²) in [4.78, 5) is 24.5. The van der Waals surface area contributed by atoms with Crippen LogP contribution in [0.5, 0.6) is 5.88 Å². The normalized spacial score (nSPS) is 18.7. The zero-order valence-electron chi connectivity index (χ0n) is 23.3. The lowest BCUT2D eigenvalue weighted by molar-refractivity contribution is -0.160. The Hall–Kier alpha value is -4.68. The summed E-state index contributed by atoms with van der Waals surface area (Å²) in [5.41, 5.74) is 2.72. The van der Waals surface area contributed by atoms with Crippen molar-refractivity contribution in [1.29, 1.82) is 0 Å². The first kappa shape index (κ1) is 30.8. The van der Waals surface area contributed by atoms with Crippen LogP contribution in [0.4, 0.5) is 26.3 Å². The maximum absolute atomic E-state index is 13.8. The van der Waals surface area contributed by atoms with Gasteiger partial charge in [0, 0.05) is 36.4 Å². The number of carbonyl (C=O) groups is 1. The van der Waals surface area contributed by atoms with Gasteiger partial charge in [-0.2, -0.15) is 26.3 Å². The van der Waals surface area contributed by atoms with Crippen LogP contribution in [-0.4, -0.2) is 40.0 Å². The van der Waals surface area contributed by atoms with Crippen LogP contribution < -0.4 is 4.74 Å². The molecule has 2 unspecified atom stereocenters. The molecule has 1 aliphatic heterocycles. The standard InChI is InChI=1S/C31H25F6N3O4/c1-16-9-18(29(41)42)3-5-23(16)20-12-25(28(43-2)39-15-20)24-6-4-21(30(32,33)34)10-19(24)11-22-14-26(44-40-22)17-7-8-38-27(13-17)31(35,36)37/h3-9,12-13,15,21,26H,10-11,14H2,1-2H3,(H,41,42). The molecule has 2 aromatic heterocycles. The highest BCUT2D eigenvalue weighted by atomic mass is 19.4. The number of rotatable bonds is 7. The molecular weight excluding hydrogens is 592 g/mol. The average molecular weight is 618 g/mol. The first-order valence-electron chi connectivity index (χ1n) is 13.3. The van der Waals surface area contributed by atoms with E-state index in [0.29, 0.717) is 39.1 Å². The monoisotopic (exact) mass is 617 g/mol. The number of aromatic carboxylic acids is 1. The Bertz CT molecular complexity index is 1690. The van der Waals surface area contributed by atoms with Gasteiger partial charge >= 0.3 is 18.3 Å². The summed E-state index contributed by atoms with van der Waals surface area (Å²) in [6.07, 6.45) is -5.37. The number of halogens is 6. The number of allylic oxidation sites excluding steroid dienone is 4. The maximum Gasteiger partial charge on any atom is 0.433 e. The second-order valence-corrected chi connectivity index (χ2v) is 10.4. The molecule has 0 saturated carbocycles. The van der Waals surface area contributed by atoms with Gasteiger partial charge in [0.1, 0.15) is 5.69 Å². The smallest absolute Gasteiger partial charge is 0.433 e. The quantitative estimate of drug-likeness (QED) is 0.270. The molecule has 0 saturated heterocycles. The van der Waals surface area contributed by atoms with Crippen molar-refractivity contribution < 1.29 is 45.8 Å². The molecule has 2 atom stereocenters. The van der Waals surface area contributed by atoms with Gasteiger partial charge in [0.25, 0.3) is 0 Å². The topological polar surface area (TPSA) is 93.9 Å². The molecule has 0 spiro atoms. The van der Waals surface area contributed by atoms with Crippen molar-refractivity contribution in [3.63, 3.8) is 0 Å². The van der Waals surface area contributed by atoms with Crippen molar-refractivity contribution in [3.05, 3.63) is 94.5 Å². The van der Waals surface area contributed by atoms with Crippen LogP contribution in [0.3, 0.4) is 0 Å². The molecule has 7 nitrogen and oxygen atoms in total. The third kappa shape index (κ3) is 6.46. The first-order valence-corrected chi connectivity index (χ1v) is 13.3. The van der Waals surface area contributed by atoms with Crippen molar-refractivity contribution >= 4 is 17.3 Å². The van der Waals surface area contributed by atoms with Crippen molar-refractivity contribution in [2.45, 2.75) is 44.6 Å². The number of benzene rings is 1. The number of alkyl halides is 6. The van der Waals surface area contributed by atoms with Crippen LogP contribution in [0, 0.1) is 12.8 Å². The van der Waals surface area contributed by atoms with Gasteiger partial charge in [0.2, 0.25) is 5.88 Å². The number of oxime groups is 1. The van der Waals surface area contributed by atoms with Gasteiger partial charge in [-0.25, -0.2) is 9.78 Å². The molecule has 3 heterocycles. The number of pyridine rings is 2. The van der Waals surface area contributed by atoms with Gasteiger partial charge in [-0.3, -0.25) is 4.98 Å². The minimum Gasteiger partial charge on any atom is -0.481 e. The number of hydrogen-bond acceptors (Lipinski definition) is 6. The summed E-state index contributed by atoms with van der Waals surface area (Å²) in [7, 11) is 1.38. The third-order valence-corrected chi connectivity index (χ3v) is 7.48. The molecule has 3 aromatic rings. The molecule has 44 heavy (non-hydrogen) atoms. The zero-order valence-corrected chi connectivity index (χ0v) is 23.3. The molecule has 0 amide bonds. The summed E-state index contributed by atoms with van der Waals surface area (Å²) < 4.78 is 86.5. The number of aromatic nitrogens is 2. The van der Waals surface area contributed by atoms with E-state index in [0.717, 1.165) is 18.3 Å². The van der Waals surface area contributed by atoms with Gasteiger partial charge in [-0.05, 0) is 65.9 Å². The summed E-state index contributed by atoms with van der Waals surface area (Å²) in [5.74, 6) is -2.68. The van der Waals surface area contributed by atoms with E-state index in [4.69, 9.17) is 9.57 Å². The molecule has 1 N–H and O–H groups in total. The Labute approximate surface area is 247 Å². The summed E-state index contributed by atoms with van der Waals surface area (Å²) >= 11 is 0. The van der Waals surface area contributed by atoms with Crippen molar-refractivity contribution in [3.8, 4) is 17.0 Å². The maximum atomic E-state index is 13.8. The molecule has 230 valence electrons. The minimum absolute atomic E-state index is 0.0281. The van der Waals surface area contributed by atoms with Crippen LogP contribution in [0.1, 0.15) is 58.1 Å². The molecule has 5 rings (SSSR count). The zero-order chi connectivity index (χ0) is 31.8. The minimum atomic E-state index is -4.66. The van der Waals surface area contributed by atoms with Crippen molar-refractivity contribution in [2.75, 3.05) is 7.11 Å². The average Bonchev–Trinajstić information content (AvgIpc) is 3.44. The Morgan fingerprint density at radius 1 is 1.05 bits per heavy atom. The fraction of sp³-hybridized carbons (Fsp3) is 0.290. The van der Waals surface area contributed by atoms with Crippen molar-refractivity contribution in [1.82, 2.24) is 9.97 Å². The van der Waals surface area contributed by atoms with Gasteiger partial charge in [-0.1, -0.05) is 28.9 Å². The Morgan fingerprint density at radius 2 is 1.82 bits per heavy atom. The summed E-state index contributed by atoms with van der Waals surface area (Å²) in [6.45, 7) is 1.74. The molecule has 0 fully saturated rings. The number of methoxy groups -OCH3 is 1. The number of hydrogen-bond donors (Lipinski definition) is 1. The van der Waals surface area contributed by atoms with Crippen LogP contribution in [0.25, 0.3) is 16.7 Å². The van der Waals surface area contributed by atoms with E-state index < -0.39 is 36.0 Å². The highest BCUT2D eigenvalue weighted by Crippen LogP contribution is 2.43. The van der Waals surface area contributed by atoms with Crippen molar-refractivity contribution in [2.24, 2.45) is 11.1 Å². The van der Waals surface area contributed by atoms with Gasteiger partial charge in [0.05, 0.1) is 24.3 Å². The van der Waals surface area contributed by atoms with Crippen LogP contribution in [0.2, 0.25) is 0 Å². The Balaban J connectivity index is 1.50. The van der Waals surface area contributed by atoms with E-state index >= 15 is 0 Å². The SMILES string of the molecule is COc1ncc(-c2ccc(C(=O)O)cc2C)cc1C1=C(CC2=NOC(c3ccnc(C(F)(F)F)c3)C2)CC(C(F)(F)F)C=C1. The molecule has 1 aromatic carbocycles. The molecule has 0 bridgehead atoms. The van der Waals surface area contributed by atoms with Gasteiger partial charge < -0.3 is 14.7 Å². The van der Waals surface area contributed by atoms with Crippen LogP contribution >= 0.6 is 0 Å². The lowest BCUT2D eigenvalue weighted by Crippen LogP contribution is -2.24.